The van der Waals surface area contributed by atoms with Crippen molar-refractivity contribution in [2.24, 2.45) is 0 Å². The quantitative estimate of drug-likeness (QED) is 0.826. The van der Waals surface area contributed by atoms with E-state index in [2.05, 4.69) is 14.9 Å². The van der Waals surface area contributed by atoms with Crippen molar-refractivity contribution in [3.63, 3.8) is 0 Å². The fourth-order valence-corrected chi connectivity index (χ4v) is 1.92. The Balaban J connectivity index is 1.56. The molecule has 17 heavy (non-hydrogen) atoms. The Labute approximate surface area is 101 Å². The van der Waals surface area contributed by atoms with Gasteiger partial charge in [-0.25, -0.2) is 4.98 Å². The zero-order valence-electron chi connectivity index (χ0n) is 9.80. The Hall–Kier alpha value is -1.55. The van der Waals surface area contributed by atoms with Crippen LogP contribution in [0.3, 0.4) is 0 Å². The molecular formula is C13H17N3O. The van der Waals surface area contributed by atoms with Crippen molar-refractivity contribution in [1.82, 2.24) is 14.9 Å². The first-order chi connectivity index (χ1) is 8.42. The summed E-state index contributed by atoms with van der Waals surface area (Å²) in [5, 5.41) is 3.51. The number of furan rings is 1. The summed E-state index contributed by atoms with van der Waals surface area (Å²) in [5.41, 5.74) is 1.25. The van der Waals surface area contributed by atoms with Crippen molar-refractivity contribution in [2.75, 3.05) is 0 Å². The second-order valence-electron chi connectivity index (χ2n) is 4.56. The molecule has 1 aliphatic carbocycles. The minimum atomic E-state index is 0.739. The highest BCUT2D eigenvalue weighted by Gasteiger charge is 2.20. The average Bonchev–Trinajstić information content (AvgIpc) is 2.86. The first kappa shape index (κ1) is 10.6. The van der Waals surface area contributed by atoms with Crippen LogP contribution in [0.5, 0.6) is 0 Å². The third kappa shape index (κ3) is 2.77. The molecule has 1 N–H and O–H groups in total. The molecule has 90 valence electrons. The standard InChI is InChI=1S/C13H17N3O/c1-2-13(17-7-1)5-6-16-10-14-8-12(16)9-15-11-3-4-11/h1-2,7-8,10-11,15H,3-6,9H2. The lowest BCUT2D eigenvalue weighted by atomic mass is 10.3. The van der Waals surface area contributed by atoms with Crippen LogP contribution in [0.4, 0.5) is 0 Å². The number of nitrogens with zero attached hydrogens (tertiary/aromatic N) is 2. The van der Waals surface area contributed by atoms with Gasteiger partial charge in [0.1, 0.15) is 5.76 Å². The van der Waals surface area contributed by atoms with Gasteiger partial charge >= 0.3 is 0 Å². The Kier molecular flexibility index (Phi) is 2.96. The molecule has 0 aromatic carbocycles. The van der Waals surface area contributed by atoms with E-state index in [9.17, 15) is 0 Å². The van der Waals surface area contributed by atoms with Crippen molar-refractivity contribution in [1.29, 1.82) is 0 Å². The van der Waals surface area contributed by atoms with Crippen LogP contribution in [0.1, 0.15) is 24.3 Å². The highest BCUT2D eigenvalue weighted by molar-refractivity contribution is 5.02. The molecule has 2 aromatic heterocycles. The maximum absolute atomic E-state index is 5.33. The Morgan fingerprint density at radius 3 is 3.18 bits per heavy atom. The first-order valence-corrected chi connectivity index (χ1v) is 6.16. The Bertz CT molecular complexity index is 457. The largest absolute Gasteiger partial charge is 0.469 e. The van der Waals surface area contributed by atoms with Crippen LogP contribution in [0, 0.1) is 0 Å². The predicted octanol–water partition coefficient (Wildman–Crippen LogP) is 1.97. The summed E-state index contributed by atoms with van der Waals surface area (Å²) in [4.78, 5) is 4.21. The summed E-state index contributed by atoms with van der Waals surface area (Å²) in [6.45, 7) is 1.85. The van der Waals surface area contributed by atoms with Gasteiger partial charge in [-0.15, -0.1) is 0 Å². The minimum absolute atomic E-state index is 0.739. The highest BCUT2D eigenvalue weighted by atomic mass is 16.3. The van der Waals surface area contributed by atoms with Gasteiger partial charge < -0.3 is 14.3 Å². The molecular weight excluding hydrogens is 214 g/mol. The van der Waals surface area contributed by atoms with E-state index in [0.717, 1.165) is 31.3 Å². The normalized spacial score (nSPS) is 15.3. The summed E-state index contributed by atoms with van der Waals surface area (Å²) in [7, 11) is 0. The van der Waals surface area contributed by atoms with Gasteiger partial charge in [0.2, 0.25) is 0 Å². The molecule has 4 heteroatoms. The molecule has 4 nitrogen and oxygen atoms in total. The lowest BCUT2D eigenvalue weighted by Gasteiger charge is -2.07. The number of imidazole rings is 1. The lowest BCUT2D eigenvalue weighted by Crippen LogP contribution is -2.18. The van der Waals surface area contributed by atoms with Gasteiger partial charge in [0.25, 0.3) is 0 Å². The number of rotatable bonds is 6. The van der Waals surface area contributed by atoms with Crippen molar-refractivity contribution < 1.29 is 4.42 Å². The molecule has 0 radical (unpaired) electrons. The van der Waals surface area contributed by atoms with Crippen LogP contribution >= 0.6 is 0 Å². The summed E-state index contributed by atoms with van der Waals surface area (Å²) in [5.74, 6) is 1.03. The zero-order chi connectivity index (χ0) is 11.5. The Morgan fingerprint density at radius 1 is 1.47 bits per heavy atom. The summed E-state index contributed by atoms with van der Waals surface area (Å²) in [6, 6.07) is 4.68. The van der Waals surface area contributed by atoms with Gasteiger partial charge in [-0.2, -0.15) is 0 Å². The summed E-state index contributed by atoms with van der Waals surface area (Å²) >= 11 is 0. The number of aromatic nitrogens is 2. The van der Waals surface area contributed by atoms with E-state index in [-0.39, 0.29) is 0 Å². The highest BCUT2D eigenvalue weighted by Crippen LogP contribution is 2.19. The predicted molar refractivity (Wildman–Crippen MR) is 64.5 cm³/mol. The summed E-state index contributed by atoms with van der Waals surface area (Å²) in [6.07, 6.45) is 9.12. The van der Waals surface area contributed by atoms with Gasteiger partial charge in [0.15, 0.2) is 0 Å². The molecule has 2 heterocycles. The smallest absolute Gasteiger partial charge is 0.105 e. The fourth-order valence-electron chi connectivity index (χ4n) is 1.92. The van der Waals surface area contributed by atoms with E-state index in [1.807, 2.05) is 24.7 Å². The molecule has 0 spiro atoms. The van der Waals surface area contributed by atoms with Gasteiger partial charge in [-0.1, -0.05) is 0 Å². The van der Waals surface area contributed by atoms with Gasteiger partial charge in [-0.05, 0) is 25.0 Å². The molecule has 1 fully saturated rings. The monoisotopic (exact) mass is 231 g/mol. The van der Waals surface area contributed by atoms with Crippen molar-refractivity contribution in [3.05, 3.63) is 42.4 Å². The molecule has 2 aromatic rings. The third-order valence-electron chi connectivity index (χ3n) is 3.13. The fraction of sp³-hybridized carbons (Fsp3) is 0.462. The summed E-state index contributed by atoms with van der Waals surface area (Å²) < 4.78 is 7.52. The van der Waals surface area contributed by atoms with E-state index < -0.39 is 0 Å². The molecule has 0 atom stereocenters. The van der Waals surface area contributed by atoms with E-state index in [0.29, 0.717) is 0 Å². The topological polar surface area (TPSA) is 43.0 Å². The molecule has 3 rings (SSSR count). The number of nitrogens with one attached hydrogen (secondary N) is 1. The molecule has 0 aliphatic heterocycles. The second kappa shape index (κ2) is 4.75. The second-order valence-corrected chi connectivity index (χ2v) is 4.56. The Morgan fingerprint density at radius 2 is 2.41 bits per heavy atom. The van der Waals surface area contributed by atoms with E-state index in [1.165, 1.54) is 18.5 Å². The van der Waals surface area contributed by atoms with Crippen LogP contribution in [-0.4, -0.2) is 15.6 Å². The van der Waals surface area contributed by atoms with Crippen molar-refractivity contribution >= 4 is 0 Å². The minimum Gasteiger partial charge on any atom is -0.469 e. The van der Waals surface area contributed by atoms with Crippen LogP contribution < -0.4 is 5.32 Å². The molecule has 0 bridgehead atoms. The maximum Gasteiger partial charge on any atom is 0.105 e. The van der Waals surface area contributed by atoms with Crippen LogP contribution in [-0.2, 0) is 19.5 Å². The van der Waals surface area contributed by atoms with Crippen LogP contribution in [0.25, 0.3) is 0 Å². The molecule has 0 amide bonds. The number of hydrogen-bond donors (Lipinski definition) is 1. The zero-order valence-corrected chi connectivity index (χ0v) is 9.80. The van der Waals surface area contributed by atoms with E-state index in [4.69, 9.17) is 4.42 Å². The van der Waals surface area contributed by atoms with Crippen LogP contribution in [0.15, 0.2) is 35.3 Å². The first-order valence-electron chi connectivity index (χ1n) is 6.16. The van der Waals surface area contributed by atoms with Crippen LogP contribution in [0.2, 0.25) is 0 Å². The molecule has 1 saturated carbocycles. The number of hydrogen-bond acceptors (Lipinski definition) is 3. The van der Waals surface area contributed by atoms with Gasteiger partial charge in [0.05, 0.1) is 18.3 Å². The SMILES string of the molecule is c1coc(CCn2cncc2CNC2CC2)c1. The van der Waals surface area contributed by atoms with Gasteiger partial charge in [0, 0.05) is 31.7 Å². The van der Waals surface area contributed by atoms with Crippen molar-refractivity contribution in [3.8, 4) is 0 Å². The molecule has 1 aliphatic rings. The third-order valence-corrected chi connectivity index (χ3v) is 3.13. The maximum atomic E-state index is 5.33. The lowest BCUT2D eigenvalue weighted by molar-refractivity contribution is 0.486. The van der Waals surface area contributed by atoms with Gasteiger partial charge in [-0.3, -0.25) is 0 Å². The molecule has 0 unspecified atom stereocenters. The van der Waals surface area contributed by atoms with Crippen molar-refractivity contribution in [2.45, 2.75) is 38.4 Å². The average molecular weight is 231 g/mol. The van der Waals surface area contributed by atoms with E-state index in [1.54, 1.807) is 6.26 Å². The van der Waals surface area contributed by atoms with E-state index >= 15 is 0 Å². The molecule has 0 saturated heterocycles. The number of aryl methyl sites for hydroxylation is 2.